The van der Waals surface area contributed by atoms with Crippen molar-refractivity contribution in [3.05, 3.63) is 352 Å². The lowest BCUT2D eigenvalue weighted by molar-refractivity contribution is 1.08. The Balaban J connectivity index is 0.000000141. The van der Waals surface area contributed by atoms with Crippen molar-refractivity contribution in [2.45, 2.75) is 0 Å². The van der Waals surface area contributed by atoms with Crippen LogP contribution < -0.4 is 0 Å². The van der Waals surface area contributed by atoms with Gasteiger partial charge in [-0.25, -0.2) is 29.9 Å². The molecule has 0 amide bonds. The van der Waals surface area contributed by atoms with Crippen molar-refractivity contribution in [1.82, 2.24) is 29.9 Å². The SMILES string of the molecule is c1ccc(-c2ccc(-c3nc(-c4ccc5ccc(-c6ccc7ccccc7c6)cc5c4)nc(-c4cccc5c4sc4ccccc45)n3)cc2)cc1.c1ccc(-c2ccc(-c3nc(-c4ccc5ccc(-c6cccc7ccccc67)cc5c4)nc(-c4cccc5c4sc4ccccc45)n3)cc2)cc1. The minimum atomic E-state index is 0.650. The van der Waals surface area contributed by atoms with Crippen molar-refractivity contribution in [3.8, 4) is 113 Å². The maximum Gasteiger partial charge on any atom is 0.165 e. The van der Waals surface area contributed by atoms with Crippen molar-refractivity contribution < 1.29 is 0 Å². The zero-order chi connectivity index (χ0) is 67.5. The van der Waals surface area contributed by atoms with Crippen LogP contribution >= 0.6 is 22.7 Å². The van der Waals surface area contributed by atoms with Crippen LogP contribution in [0.5, 0.6) is 0 Å². The van der Waals surface area contributed by atoms with Crippen LogP contribution in [0, 0.1) is 0 Å². The molecule has 0 N–H and O–H groups in total. The third kappa shape index (κ3) is 11.4. The van der Waals surface area contributed by atoms with E-state index >= 15 is 0 Å². The van der Waals surface area contributed by atoms with Crippen LogP contribution in [-0.4, -0.2) is 29.9 Å². The summed E-state index contributed by atoms with van der Waals surface area (Å²) in [6, 6.07) is 125. The Hall–Kier alpha value is -13.0. The van der Waals surface area contributed by atoms with Crippen molar-refractivity contribution in [2.75, 3.05) is 0 Å². The third-order valence-electron chi connectivity index (χ3n) is 19.4. The number of rotatable bonds is 10. The van der Waals surface area contributed by atoms with Gasteiger partial charge in [-0.3, -0.25) is 0 Å². The summed E-state index contributed by atoms with van der Waals surface area (Å²) in [5, 5.41) is 14.5. The number of hydrogen-bond donors (Lipinski definition) is 0. The molecule has 16 aromatic carbocycles. The average Bonchev–Trinajstić information content (AvgIpc) is 1.53. The molecule has 0 saturated carbocycles. The number of fused-ring (bicyclic) bond motifs is 10. The smallest absolute Gasteiger partial charge is 0.165 e. The van der Waals surface area contributed by atoms with Crippen LogP contribution in [0.2, 0.25) is 0 Å². The predicted octanol–water partition coefficient (Wildman–Crippen LogP) is 25.8. The van der Waals surface area contributed by atoms with Crippen molar-refractivity contribution in [3.63, 3.8) is 0 Å². The standard InChI is InChI=1S/2C47H29N3S/c1-2-10-30(11-3-1)31-20-24-34(25-21-31)45-48-46(50-47(49-45)42-18-9-17-41-40-15-6-7-19-43(40)51-44(41)42)36-27-23-32-22-26-35(28-37(32)29-36)39-16-8-13-33-12-4-5-14-38(33)39;1-2-9-30(10-3-1)32-17-22-34(23-18-32)45-48-46(50-47(49-45)42-15-8-14-41-40-13-6-7-16-43(40)51-44(41)42)38-26-21-33-20-25-37(28-39(33)29-38)36-24-19-31-11-4-5-12-35(31)27-36/h2*1-29H. The molecule has 4 aromatic heterocycles. The Morgan fingerprint density at radius 1 is 0.157 bits per heavy atom. The van der Waals surface area contributed by atoms with Crippen molar-refractivity contribution >= 4 is 106 Å². The first-order valence-corrected chi connectivity index (χ1v) is 35.8. The van der Waals surface area contributed by atoms with Gasteiger partial charge in [0.15, 0.2) is 34.9 Å². The first-order valence-electron chi connectivity index (χ1n) is 34.2. The number of aromatic nitrogens is 6. The summed E-state index contributed by atoms with van der Waals surface area (Å²) < 4.78 is 4.87. The maximum atomic E-state index is 5.20. The second kappa shape index (κ2) is 25.7. The molecule has 20 aromatic rings. The molecule has 0 aliphatic heterocycles. The fraction of sp³-hybridized carbons (Fsp3) is 0. The number of thiophene rings is 2. The number of nitrogens with zero attached hydrogens (tertiary/aromatic N) is 6. The lowest BCUT2D eigenvalue weighted by Crippen LogP contribution is -2.00. The molecular formula is C94H58N6S2. The van der Waals surface area contributed by atoms with E-state index in [1.54, 1.807) is 22.7 Å². The molecule has 476 valence electrons. The first-order chi connectivity index (χ1) is 50.5. The second-order valence-corrected chi connectivity index (χ2v) is 27.8. The molecule has 20 rings (SSSR count). The van der Waals surface area contributed by atoms with E-state index in [0.717, 1.165) is 55.3 Å². The monoisotopic (exact) mass is 1330 g/mol. The molecule has 0 aliphatic rings. The Morgan fingerprint density at radius 3 is 0.971 bits per heavy atom. The van der Waals surface area contributed by atoms with E-state index in [4.69, 9.17) is 29.9 Å². The predicted molar refractivity (Wildman–Crippen MR) is 430 cm³/mol. The Bertz CT molecular complexity index is 6610. The fourth-order valence-corrected chi connectivity index (χ4v) is 16.6. The molecule has 0 radical (unpaired) electrons. The Kier molecular flexibility index (Phi) is 15.2. The summed E-state index contributed by atoms with van der Waals surface area (Å²) in [5.41, 5.74) is 15.3. The van der Waals surface area contributed by atoms with E-state index in [2.05, 4.69) is 340 Å². The molecule has 0 unspecified atom stereocenters. The number of benzene rings is 16. The number of hydrogen-bond acceptors (Lipinski definition) is 8. The summed E-state index contributed by atoms with van der Waals surface area (Å²) >= 11 is 3.58. The molecule has 8 heteroatoms. The molecule has 102 heavy (non-hydrogen) atoms. The van der Waals surface area contributed by atoms with Gasteiger partial charge in [0, 0.05) is 73.7 Å². The molecule has 4 heterocycles. The highest BCUT2D eigenvalue weighted by Gasteiger charge is 2.21. The molecule has 0 spiro atoms. The minimum absolute atomic E-state index is 0.650. The van der Waals surface area contributed by atoms with Crippen LogP contribution in [0.4, 0.5) is 0 Å². The maximum absolute atomic E-state index is 5.20. The average molecular weight is 1340 g/mol. The van der Waals surface area contributed by atoms with E-state index in [0.29, 0.717) is 34.9 Å². The highest BCUT2D eigenvalue weighted by atomic mass is 32.1. The lowest BCUT2D eigenvalue weighted by Gasteiger charge is -2.11. The van der Waals surface area contributed by atoms with Gasteiger partial charge in [0.1, 0.15) is 0 Å². The topological polar surface area (TPSA) is 77.3 Å². The summed E-state index contributed by atoms with van der Waals surface area (Å²) in [7, 11) is 0. The van der Waals surface area contributed by atoms with Gasteiger partial charge >= 0.3 is 0 Å². The molecule has 0 aliphatic carbocycles. The molecular weight excluding hydrogens is 1280 g/mol. The summed E-state index contributed by atoms with van der Waals surface area (Å²) in [6.07, 6.45) is 0. The van der Waals surface area contributed by atoms with Crippen molar-refractivity contribution in [1.29, 1.82) is 0 Å². The Morgan fingerprint density at radius 2 is 0.461 bits per heavy atom. The normalized spacial score (nSPS) is 11.5. The van der Waals surface area contributed by atoms with Crippen LogP contribution in [0.15, 0.2) is 352 Å². The minimum Gasteiger partial charge on any atom is -0.208 e. The van der Waals surface area contributed by atoms with Gasteiger partial charge in [0.2, 0.25) is 0 Å². The molecule has 0 atom stereocenters. The van der Waals surface area contributed by atoms with E-state index < -0.39 is 0 Å². The van der Waals surface area contributed by atoms with Gasteiger partial charge in [0.05, 0.1) is 0 Å². The van der Waals surface area contributed by atoms with Gasteiger partial charge in [-0.1, -0.05) is 297 Å². The van der Waals surface area contributed by atoms with Crippen molar-refractivity contribution in [2.24, 2.45) is 0 Å². The largest absolute Gasteiger partial charge is 0.208 e. The van der Waals surface area contributed by atoms with Crippen LogP contribution in [0.25, 0.3) is 196 Å². The van der Waals surface area contributed by atoms with Gasteiger partial charge in [0.25, 0.3) is 0 Å². The Labute approximate surface area is 596 Å². The van der Waals surface area contributed by atoms with Gasteiger partial charge in [-0.05, 0) is 142 Å². The van der Waals surface area contributed by atoms with E-state index in [1.165, 1.54) is 106 Å². The fourth-order valence-electron chi connectivity index (χ4n) is 14.2. The van der Waals surface area contributed by atoms with Crippen LogP contribution in [0.3, 0.4) is 0 Å². The van der Waals surface area contributed by atoms with Crippen LogP contribution in [-0.2, 0) is 0 Å². The molecule has 0 saturated heterocycles. The van der Waals surface area contributed by atoms with Crippen LogP contribution in [0.1, 0.15) is 0 Å². The molecule has 0 fully saturated rings. The molecule has 6 nitrogen and oxygen atoms in total. The quantitative estimate of drug-likeness (QED) is 0.136. The highest BCUT2D eigenvalue weighted by molar-refractivity contribution is 7.26. The highest BCUT2D eigenvalue weighted by Crippen LogP contribution is 2.43. The lowest BCUT2D eigenvalue weighted by atomic mass is 9.95. The van der Waals surface area contributed by atoms with E-state index in [-0.39, 0.29) is 0 Å². The summed E-state index contributed by atoms with van der Waals surface area (Å²) in [4.78, 5) is 30.9. The van der Waals surface area contributed by atoms with Gasteiger partial charge in [-0.2, -0.15) is 0 Å². The van der Waals surface area contributed by atoms with E-state index in [1.807, 2.05) is 12.1 Å². The third-order valence-corrected chi connectivity index (χ3v) is 21.9. The first kappa shape index (κ1) is 60.2. The molecule has 0 bridgehead atoms. The zero-order valence-electron chi connectivity index (χ0n) is 55.0. The van der Waals surface area contributed by atoms with E-state index in [9.17, 15) is 0 Å². The second-order valence-electron chi connectivity index (χ2n) is 25.7. The van der Waals surface area contributed by atoms with Gasteiger partial charge < -0.3 is 0 Å². The summed E-state index contributed by atoms with van der Waals surface area (Å²) in [6.45, 7) is 0. The zero-order valence-corrected chi connectivity index (χ0v) is 56.6. The summed E-state index contributed by atoms with van der Waals surface area (Å²) in [5.74, 6) is 3.94. The van der Waals surface area contributed by atoms with Gasteiger partial charge in [-0.15, -0.1) is 22.7 Å².